The summed E-state index contributed by atoms with van der Waals surface area (Å²) in [5, 5.41) is 17.3. The van der Waals surface area contributed by atoms with Crippen LogP contribution < -0.4 is 5.73 Å². The van der Waals surface area contributed by atoms with E-state index in [2.05, 4.69) is 4.74 Å². The zero-order chi connectivity index (χ0) is 10.1. The molecule has 1 rings (SSSR count). The molecule has 0 aromatic rings. The minimum Gasteiger partial charge on any atom is -0.484 e. The predicted molar refractivity (Wildman–Crippen MR) is 40.8 cm³/mol. The first kappa shape index (κ1) is 9.53. The van der Waals surface area contributed by atoms with E-state index in [1.807, 2.05) is 0 Å². The Kier molecular flexibility index (Phi) is 2.24. The van der Waals surface area contributed by atoms with Crippen LogP contribution in [-0.4, -0.2) is 33.8 Å². The van der Waals surface area contributed by atoms with Crippen LogP contribution in [0.2, 0.25) is 0 Å². The molecule has 0 bridgehead atoms. The van der Waals surface area contributed by atoms with Gasteiger partial charge in [-0.3, -0.25) is 4.79 Å². The number of rotatable bonds is 2. The highest BCUT2D eigenvalue weighted by Gasteiger charge is 2.48. The zero-order valence-corrected chi connectivity index (χ0v) is 6.64. The van der Waals surface area contributed by atoms with Gasteiger partial charge in [0.05, 0.1) is 6.26 Å². The molecule has 2 atom stereocenters. The number of hydrogen-bond donors (Lipinski definition) is 3. The fraction of sp³-hybridized carbons (Fsp3) is 0.429. The van der Waals surface area contributed by atoms with Crippen molar-refractivity contribution < 1.29 is 24.5 Å². The van der Waals surface area contributed by atoms with Crippen LogP contribution >= 0.6 is 0 Å². The zero-order valence-electron chi connectivity index (χ0n) is 6.64. The van der Waals surface area contributed by atoms with Crippen LogP contribution in [0.25, 0.3) is 0 Å². The van der Waals surface area contributed by atoms with Crippen LogP contribution in [0.3, 0.4) is 0 Å². The van der Waals surface area contributed by atoms with Crippen LogP contribution in [0.4, 0.5) is 0 Å². The second-order valence-corrected chi connectivity index (χ2v) is 2.78. The van der Waals surface area contributed by atoms with Crippen molar-refractivity contribution in [3.8, 4) is 0 Å². The van der Waals surface area contributed by atoms with Crippen molar-refractivity contribution in [2.45, 2.75) is 18.1 Å². The normalized spacial score (nSPS) is 32.2. The van der Waals surface area contributed by atoms with Gasteiger partial charge in [0.25, 0.3) is 0 Å². The molecule has 0 fully saturated rings. The van der Waals surface area contributed by atoms with Gasteiger partial charge in [-0.05, 0) is 6.08 Å². The highest BCUT2D eigenvalue weighted by atomic mass is 16.5. The summed E-state index contributed by atoms with van der Waals surface area (Å²) in [5.74, 6) is -2.77. The average Bonchev–Trinajstić information content (AvgIpc) is 2.04. The maximum atomic E-state index is 10.7. The molecular formula is C7H9NO5. The first-order valence-electron chi connectivity index (χ1n) is 3.54. The van der Waals surface area contributed by atoms with Gasteiger partial charge in [0, 0.05) is 6.42 Å². The molecule has 6 nitrogen and oxygen atoms in total. The summed E-state index contributed by atoms with van der Waals surface area (Å²) in [6, 6.07) is 0. The minimum absolute atomic E-state index is 0.0562. The van der Waals surface area contributed by atoms with Crippen molar-refractivity contribution in [3.05, 3.63) is 12.3 Å². The van der Waals surface area contributed by atoms with Gasteiger partial charge in [0.1, 0.15) is 0 Å². The quantitative estimate of drug-likeness (QED) is 0.519. The molecule has 0 saturated carbocycles. The van der Waals surface area contributed by atoms with E-state index in [1.165, 1.54) is 6.08 Å². The fourth-order valence-electron chi connectivity index (χ4n) is 1.08. The van der Waals surface area contributed by atoms with Crippen molar-refractivity contribution in [2.24, 2.45) is 5.73 Å². The number of aliphatic carboxylic acids is 2. The standard InChI is InChI=1S/C7H9NO5/c8-7(6(11)12)2-1-3-13-4(7)5(9)10/h1,3-4H,2,8H2,(H,9,10)(H,11,12). The largest absolute Gasteiger partial charge is 0.484 e. The third-order valence-corrected chi connectivity index (χ3v) is 1.86. The summed E-state index contributed by atoms with van der Waals surface area (Å²) in [4.78, 5) is 21.3. The van der Waals surface area contributed by atoms with Crippen LogP contribution in [-0.2, 0) is 14.3 Å². The van der Waals surface area contributed by atoms with Crippen molar-refractivity contribution >= 4 is 11.9 Å². The molecule has 0 aliphatic carbocycles. The molecule has 1 aliphatic heterocycles. The Labute approximate surface area is 73.6 Å². The van der Waals surface area contributed by atoms with Crippen LogP contribution in [0, 0.1) is 0 Å². The van der Waals surface area contributed by atoms with E-state index in [4.69, 9.17) is 15.9 Å². The third-order valence-electron chi connectivity index (χ3n) is 1.86. The monoisotopic (exact) mass is 187 g/mol. The minimum atomic E-state index is -1.87. The van der Waals surface area contributed by atoms with Crippen molar-refractivity contribution in [3.63, 3.8) is 0 Å². The Morgan fingerprint density at radius 3 is 2.54 bits per heavy atom. The SMILES string of the molecule is NC1(C(=O)O)CC=COC1C(=O)O. The number of nitrogens with two attached hydrogens (primary N) is 1. The molecule has 0 amide bonds. The Hall–Kier alpha value is -1.56. The number of carbonyl (C=O) groups is 2. The molecule has 0 spiro atoms. The second-order valence-electron chi connectivity index (χ2n) is 2.78. The number of ether oxygens (including phenoxy) is 1. The smallest absolute Gasteiger partial charge is 0.347 e. The fourth-order valence-corrected chi connectivity index (χ4v) is 1.08. The first-order chi connectivity index (χ1) is 5.98. The Balaban J connectivity index is 2.99. The van der Waals surface area contributed by atoms with E-state index >= 15 is 0 Å². The topological polar surface area (TPSA) is 110 Å². The molecule has 72 valence electrons. The van der Waals surface area contributed by atoms with Gasteiger partial charge in [-0.1, -0.05) is 0 Å². The number of hydrogen-bond acceptors (Lipinski definition) is 4. The summed E-state index contributed by atoms with van der Waals surface area (Å²) in [7, 11) is 0. The Bertz CT molecular complexity index is 274. The molecule has 2 unspecified atom stereocenters. The Morgan fingerprint density at radius 1 is 1.54 bits per heavy atom. The molecule has 0 saturated heterocycles. The maximum absolute atomic E-state index is 10.7. The lowest BCUT2D eigenvalue weighted by atomic mass is 9.88. The highest BCUT2D eigenvalue weighted by Crippen LogP contribution is 2.21. The van der Waals surface area contributed by atoms with Gasteiger partial charge >= 0.3 is 11.9 Å². The summed E-state index contributed by atoms with van der Waals surface area (Å²) >= 11 is 0. The van der Waals surface area contributed by atoms with Gasteiger partial charge < -0.3 is 20.7 Å². The lowest BCUT2D eigenvalue weighted by Crippen LogP contribution is -2.61. The van der Waals surface area contributed by atoms with Crippen LogP contribution in [0.15, 0.2) is 12.3 Å². The van der Waals surface area contributed by atoms with Crippen LogP contribution in [0.1, 0.15) is 6.42 Å². The molecule has 1 heterocycles. The van der Waals surface area contributed by atoms with E-state index in [9.17, 15) is 9.59 Å². The molecular weight excluding hydrogens is 178 g/mol. The van der Waals surface area contributed by atoms with Gasteiger partial charge in [0.15, 0.2) is 5.54 Å². The third kappa shape index (κ3) is 1.48. The molecule has 0 aromatic heterocycles. The van der Waals surface area contributed by atoms with Crippen LogP contribution in [0.5, 0.6) is 0 Å². The molecule has 1 aliphatic rings. The van der Waals surface area contributed by atoms with Crippen molar-refractivity contribution in [2.75, 3.05) is 0 Å². The lowest BCUT2D eigenvalue weighted by Gasteiger charge is -2.31. The summed E-state index contributed by atoms with van der Waals surface area (Å²) in [6.45, 7) is 0. The highest BCUT2D eigenvalue weighted by molar-refractivity contribution is 5.88. The summed E-state index contributed by atoms with van der Waals surface area (Å²) in [5.41, 5.74) is 3.52. The molecule has 0 radical (unpaired) electrons. The summed E-state index contributed by atoms with van der Waals surface area (Å²) < 4.78 is 4.63. The summed E-state index contributed by atoms with van der Waals surface area (Å²) in [6.07, 6.45) is 0.940. The van der Waals surface area contributed by atoms with Gasteiger partial charge in [-0.2, -0.15) is 0 Å². The number of carboxylic acid groups (broad SMARTS) is 2. The van der Waals surface area contributed by atoms with Gasteiger partial charge in [-0.25, -0.2) is 4.79 Å². The van der Waals surface area contributed by atoms with E-state index < -0.39 is 23.6 Å². The molecule has 6 heteroatoms. The lowest BCUT2D eigenvalue weighted by molar-refractivity contribution is -0.163. The van der Waals surface area contributed by atoms with E-state index in [0.29, 0.717) is 0 Å². The van der Waals surface area contributed by atoms with E-state index in [1.54, 1.807) is 0 Å². The van der Waals surface area contributed by atoms with Gasteiger partial charge in [0.2, 0.25) is 6.10 Å². The molecule has 13 heavy (non-hydrogen) atoms. The second kappa shape index (κ2) is 3.06. The molecule has 4 N–H and O–H groups in total. The maximum Gasteiger partial charge on any atom is 0.347 e. The molecule has 0 aromatic carbocycles. The first-order valence-corrected chi connectivity index (χ1v) is 3.54. The van der Waals surface area contributed by atoms with E-state index in [-0.39, 0.29) is 6.42 Å². The van der Waals surface area contributed by atoms with E-state index in [0.717, 1.165) is 6.26 Å². The van der Waals surface area contributed by atoms with Crippen molar-refractivity contribution in [1.82, 2.24) is 0 Å². The van der Waals surface area contributed by atoms with Crippen molar-refractivity contribution in [1.29, 1.82) is 0 Å². The average molecular weight is 187 g/mol. The van der Waals surface area contributed by atoms with Gasteiger partial charge in [-0.15, -0.1) is 0 Å². The number of carboxylic acids is 2. The predicted octanol–water partition coefficient (Wildman–Crippen LogP) is -0.844. The Morgan fingerprint density at radius 2 is 2.15 bits per heavy atom.